The summed E-state index contributed by atoms with van der Waals surface area (Å²) in [5.74, 6) is -0.603. The largest absolute Gasteiger partial charge is 0.491 e. The van der Waals surface area contributed by atoms with Crippen molar-refractivity contribution in [1.29, 1.82) is 0 Å². The van der Waals surface area contributed by atoms with Crippen LogP contribution in [0, 0.1) is 5.82 Å². The summed E-state index contributed by atoms with van der Waals surface area (Å²) in [5.41, 5.74) is 0.592. The van der Waals surface area contributed by atoms with Gasteiger partial charge in [0.05, 0.1) is 6.10 Å². The maximum Gasteiger partial charge on any atom is 0.257 e. The van der Waals surface area contributed by atoms with Gasteiger partial charge in [-0.3, -0.25) is 9.59 Å². The number of carbonyl (C=O) groups excluding carboxylic acids is 1. The molecule has 0 aliphatic carbocycles. The van der Waals surface area contributed by atoms with Gasteiger partial charge in [0.25, 0.3) is 5.91 Å². The van der Waals surface area contributed by atoms with E-state index < -0.39 is 11.7 Å². The van der Waals surface area contributed by atoms with Crippen LogP contribution in [0.25, 0.3) is 10.9 Å². The van der Waals surface area contributed by atoms with E-state index in [1.54, 1.807) is 36.4 Å². The van der Waals surface area contributed by atoms with E-state index in [1.807, 2.05) is 13.8 Å². The summed E-state index contributed by atoms with van der Waals surface area (Å²) in [4.78, 5) is 27.7. The third-order valence-electron chi connectivity index (χ3n) is 3.87. The molecular formula is C20H19FN2O3. The van der Waals surface area contributed by atoms with Crippen molar-refractivity contribution >= 4 is 16.8 Å². The zero-order valence-electron chi connectivity index (χ0n) is 14.5. The lowest BCUT2D eigenvalue weighted by molar-refractivity contribution is 0.0949. The van der Waals surface area contributed by atoms with Crippen LogP contribution in [-0.2, 0) is 6.54 Å². The summed E-state index contributed by atoms with van der Waals surface area (Å²) in [5, 5.41) is 3.01. The molecule has 6 heteroatoms. The van der Waals surface area contributed by atoms with Gasteiger partial charge in [0.2, 0.25) is 5.43 Å². The van der Waals surface area contributed by atoms with Gasteiger partial charge >= 0.3 is 0 Å². The maximum atomic E-state index is 14.1. The molecule has 3 aromatic rings. The molecule has 0 atom stereocenters. The molecule has 0 saturated heterocycles. The number of aromatic nitrogens is 1. The molecule has 0 aliphatic heterocycles. The van der Waals surface area contributed by atoms with Crippen molar-refractivity contribution in [2.24, 2.45) is 0 Å². The average Bonchev–Trinajstić information content (AvgIpc) is 2.61. The Kier molecular flexibility index (Phi) is 5.02. The van der Waals surface area contributed by atoms with Crippen LogP contribution < -0.4 is 15.5 Å². The first-order valence-electron chi connectivity index (χ1n) is 8.29. The third kappa shape index (κ3) is 3.74. The number of H-pyrrole nitrogens is 1. The molecule has 2 aromatic carbocycles. The first-order valence-corrected chi connectivity index (χ1v) is 8.29. The van der Waals surface area contributed by atoms with Gasteiger partial charge in [-0.15, -0.1) is 0 Å². The second-order valence-electron chi connectivity index (χ2n) is 6.18. The Morgan fingerprint density at radius 1 is 1.23 bits per heavy atom. The number of hydrogen-bond donors (Lipinski definition) is 2. The van der Waals surface area contributed by atoms with E-state index in [4.69, 9.17) is 4.74 Å². The van der Waals surface area contributed by atoms with Crippen molar-refractivity contribution in [3.05, 3.63) is 75.8 Å². The summed E-state index contributed by atoms with van der Waals surface area (Å²) in [7, 11) is 0. The molecule has 0 aliphatic rings. The molecule has 1 heterocycles. The molecule has 0 bridgehead atoms. The number of benzene rings is 2. The van der Waals surface area contributed by atoms with Gasteiger partial charge in [-0.25, -0.2) is 4.39 Å². The minimum absolute atomic E-state index is 0.0103. The van der Waals surface area contributed by atoms with Gasteiger partial charge < -0.3 is 15.0 Å². The van der Waals surface area contributed by atoms with Crippen LogP contribution in [0.2, 0.25) is 0 Å². The standard InChI is InChI=1S/C20H19FN2O3/c1-12(2)26-14-8-7-13(17(21)9-14)10-23-20(25)16-11-22-18-6-4-3-5-15(18)19(16)24/h3-9,11-12H,10H2,1-2H3,(H,22,24)(H,23,25). The quantitative estimate of drug-likeness (QED) is 0.738. The minimum atomic E-state index is -0.557. The number of halogens is 1. The number of para-hydroxylation sites is 1. The van der Waals surface area contributed by atoms with Crippen LogP contribution in [0.5, 0.6) is 5.75 Å². The van der Waals surface area contributed by atoms with E-state index >= 15 is 0 Å². The molecule has 0 radical (unpaired) electrons. The fourth-order valence-electron chi connectivity index (χ4n) is 2.62. The van der Waals surface area contributed by atoms with Crippen LogP contribution in [0.15, 0.2) is 53.5 Å². The lowest BCUT2D eigenvalue weighted by Crippen LogP contribution is -2.28. The Hall–Kier alpha value is -3.15. The first-order chi connectivity index (χ1) is 12.5. The monoisotopic (exact) mass is 354 g/mol. The fraction of sp³-hybridized carbons (Fsp3) is 0.200. The number of aromatic amines is 1. The Balaban J connectivity index is 1.75. The number of ether oxygens (including phenoxy) is 1. The van der Waals surface area contributed by atoms with E-state index in [-0.39, 0.29) is 23.6 Å². The van der Waals surface area contributed by atoms with Crippen molar-refractivity contribution in [1.82, 2.24) is 10.3 Å². The summed E-state index contributed by atoms with van der Waals surface area (Å²) in [6.45, 7) is 3.68. The number of nitrogens with one attached hydrogen (secondary N) is 2. The van der Waals surface area contributed by atoms with Crippen molar-refractivity contribution in [3.8, 4) is 5.75 Å². The number of rotatable bonds is 5. The van der Waals surface area contributed by atoms with Gasteiger partial charge in [0.15, 0.2) is 0 Å². The molecule has 5 nitrogen and oxygen atoms in total. The number of hydrogen-bond acceptors (Lipinski definition) is 3. The Labute approximate surface area is 149 Å². The van der Waals surface area contributed by atoms with E-state index in [0.29, 0.717) is 22.2 Å². The summed E-state index contributed by atoms with van der Waals surface area (Å²) < 4.78 is 19.6. The number of fused-ring (bicyclic) bond motifs is 1. The van der Waals surface area contributed by atoms with Crippen LogP contribution in [0.4, 0.5) is 4.39 Å². The molecule has 26 heavy (non-hydrogen) atoms. The normalized spacial score (nSPS) is 10.9. The molecule has 134 valence electrons. The molecule has 3 rings (SSSR count). The summed E-state index contributed by atoms with van der Waals surface area (Å²) in [6.07, 6.45) is 1.32. The molecule has 0 spiro atoms. The molecular weight excluding hydrogens is 335 g/mol. The topological polar surface area (TPSA) is 71.2 Å². The van der Waals surface area contributed by atoms with Crippen molar-refractivity contribution in [2.45, 2.75) is 26.5 Å². The highest BCUT2D eigenvalue weighted by atomic mass is 19.1. The van der Waals surface area contributed by atoms with E-state index in [1.165, 1.54) is 12.3 Å². The first kappa shape index (κ1) is 17.7. The number of pyridine rings is 1. The van der Waals surface area contributed by atoms with Crippen molar-refractivity contribution in [3.63, 3.8) is 0 Å². The maximum absolute atomic E-state index is 14.1. The Morgan fingerprint density at radius 3 is 2.73 bits per heavy atom. The summed E-state index contributed by atoms with van der Waals surface area (Å²) >= 11 is 0. The van der Waals surface area contributed by atoms with Gasteiger partial charge in [0, 0.05) is 35.3 Å². The molecule has 1 aromatic heterocycles. The zero-order valence-corrected chi connectivity index (χ0v) is 14.5. The van der Waals surface area contributed by atoms with E-state index in [0.717, 1.165) is 0 Å². The highest BCUT2D eigenvalue weighted by Gasteiger charge is 2.13. The third-order valence-corrected chi connectivity index (χ3v) is 3.87. The Morgan fingerprint density at radius 2 is 2.00 bits per heavy atom. The predicted molar refractivity (Wildman–Crippen MR) is 97.9 cm³/mol. The molecule has 0 fully saturated rings. The average molecular weight is 354 g/mol. The molecule has 1 amide bonds. The van der Waals surface area contributed by atoms with Crippen molar-refractivity contribution in [2.75, 3.05) is 0 Å². The fourth-order valence-corrected chi connectivity index (χ4v) is 2.62. The second kappa shape index (κ2) is 7.39. The summed E-state index contributed by atoms with van der Waals surface area (Å²) in [6, 6.07) is 11.4. The second-order valence-corrected chi connectivity index (χ2v) is 6.18. The van der Waals surface area contributed by atoms with E-state index in [2.05, 4.69) is 10.3 Å². The van der Waals surface area contributed by atoms with Gasteiger partial charge in [-0.05, 0) is 32.0 Å². The Bertz CT molecular complexity index is 1010. The van der Waals surface area contributed by atoms with Crippen LogP contribution in [0.1, 0.15) is 29.8 Å². The van der Waals surface area contributed by atoms with Gasteiger partial charge in [-0.2, -0.15) is 0 Å². The predicted octanol–water partition coefficient (Wildman–Crippen LogP) is 3.38. The zero-order chi connectivity index (χ0) is 18.7. The minimum Gasteiger partial charge on any atom is -0.491 e. The van der Waals surface area contributed by atoms with Gasteiger partial charge in [-0.1, -0.05) is 18.2 Å². The van der Waals surface area contributed by atoms with E-state index in [9.17, 15) is 14.0 Å². The highest BCUT2D eigenvalue weighted by molar-refractivity contribution is 5.97. The number of carbonyl (C=O) groups is 1. The highest BCUT2D eigenvalue weighted by Crippen LogP contribution is 2.18. The number of amides is 1. The lowest BCUT2D eigenvalue weighted by Gasteiger charge is -2.11. The van der Waals surface area contributed by atoms with Gasteiger partial charge in [0.1, 0.15) is 17.1 Å². The van der Waals surface area contributed by atoms with Crippen LogP contribution in [0.3, 0.4) is 0 Å². The molecule has 0 saturated carbocycles. The van der Waals surface area contributed by atoms with Crippen molar-refractivity contribution < 1.29 is 13.9 Å². The SMILES string of the molecule is CC(C)Oc1ccc(CNC(=O)c2c[nH]c3ccccc3c2=O)c(F)c1. The molecule has 0 unspecified atom stereocenters. The smallest absolute Gasteiger partial charge is 0.257 e. The van der Waals surface area contributed by atoms with Crippen LogP contribution >= 0.6 is 0 Å². The van der Waals surface area contributed by atoms with Crippen LogP contribution in [-0.4, -0.2) is 17.0 Å². The lowest BCUT2D eigenvalue weighted by atomic mass is 10.1. The molecule has 2 N–H and O–H groups in total.